The van der Waals surface area contributed by atoms with Gasteiger partial charge in [0, 0.05) is 4.88 Å². The Labute approximate surface area is 123 Å². The van der Waals surface area contributed by atoms with E-state index in [2.05, 4.69) is 15.3 Å². The molecule has 0 amide bonds. The molecule has 102 valence electrons. The number of para-hydroxylation sites is 1. The molecule has 0 bridgehead atoms. The number of hydrogen-bond donors (Lipinski definition) is 1. The summed E-state index contributed by atoms with van der Waals surface area (Å²) in [5.74, 6) is -0.273. The van der Waals surface area contributed by atoms with E-state index in [1.807, 2.05) is 6.07 Å². The molecule has 0 radical (unpaired) electrons. The molecular formula is C14H12FN3S2. The minimum absolute atomic E-state index is 0.273. The van der Waals surface area contributed by atoms with Gasteiger partial charge < -0.3 is 5.32 Å². The maximum atomic E-state index is 13.6. The summed E-state index contributed by atoms with van der Waals surface area (Å²) >= 11 is 3.15. The van der Waals surface area contributed by atoms with E-state index in [-0.39, 0.29) is 5.82 Å². The molecule has 0 unspecified atom stereocenters. The van der Waals surface area contributed by atoms with Gasteiger partial charge in [-0.05, 0) is 37.8 Å². The fourth-order valence-corrected chi connectivity index (χ4v) is 4.46. The first-order valence-corrected chi connectivity index (χ1v) is 8.23. The van der Waals surface area contributed by atoms with Crippen LogP contribution in [0.3, 0.4) is 0 Å². The molecule has 2 aromatic heterocycles. The molecule has 20 heavy (non-hydrogen) atoms. The maximum absolute atomic E-state index is 13.6. The van der Waals surface area contributed by atoms with E-state index in [9.17, 15) is 4.39 Å². The van der Waals surface area contributed by atoms with Crippen molar-refractivity contribution in [2.75, 3.05) is 5.32 Å². The van der Waals surface area contributed by atoms with Crippen LogP contribution < -0.4 is 5.32 Å². The molecule has 1 N–H and O–H groups in total. The fourth-order valence-electron chi connectivity index (χ4n) is 2.47. The fraction of sp³-hybridized carbons (Fsp3) is 0.286. The van der Waals surface area contributed by atoms with Crippen LogP contribution >= 0.6 is 22.7 Å². The topological polar surface area (TPSA) is 37.8 Å². The second kappa shape index (κ2) is 4.79. The largest absolute Gasteiger partial charge is 0.307 e. The van der Waals surface area contributed by atoms with Gasteiger partial charge in [0.15, 0.2) is 10.3 Å². The standard InChI is InChI=1S/C14H12FN3S2/c15-8-4-3-7-11-12(8)17-14(20-11)18-13-16-9-5-1-2-6-10(9)19-13/h3-4,7H,1-2,5-6H2,(H,16,17,18). The highest BCUT2D eigenvalue weighted by molar-refractivity contribution is 7.22. The van der Waals surface area contributed by atoms with Gasteiger partial charge in [0.25, 0.3) is 0 Å². The van der Waals surface area contributed by atoms with Gasteiger partial charge in [-0.3, -0.25) is 0 Å². The number of fused-ring (bicyclic) bond motifs is 2. The molecule has 0 aliphatic heterocycles. The van der Waals surface area contributed by atoms with Crippen molar-refractivity contribution in [2.24, 2.45) is 0 Å². The number of aryl methyl sites for hydroxylation is 2. The third kappa shape index (κ3) is 2.09. The van der Waals surface area contributed by atoms with Crippen molar-refractivity contribution >= 4 is 43.2 Å². The van der Waals surface area contributed by atoms with Crippen molar-refractivity contribution < 1.29 is 4.39 Å². The third-order valence-electron chi connectivity index (χ3n) is 3.43. The SMILES string of the molecule is Fc1cccc2sc(Nc3nc4c(s3)CCCC4)nc12. The summed E-state index contributed by atoms with van der Waals surface area (Å²) in [6, 6.07) is 5.03. The van der Waals surface area contributed by atoms with Gasteiger partial charge in [0.05, 0.1) is 10.4 Å². The van der Waals surface area contributed by atoms with E-state index in [0.717, 1.165) is 22.7 Å². The lowest BCUT2D eigenvalue weighted by molar-refractivity contribution is 0.637. The molecule has 3 nitrogen and oxygen atoms in total. The molecule has 0 saturated carbocycles. The Morgan fingerprint density at radius 3 is 2.75 bits per heavy atom. The van der Waals surface area contributed by atoms with Crippen LogP contribution in [-0.4, -0.2) is 9.97 Å². The Morgan fingerprint density at radius 2 is 1.90 bits per heavy atom. The van der Waals surface area contributed by atoms with E-state index in [1.165, 1.54) is 40.8 Å². The van der Waals surface area contributed by atoms with Crippen LogP contribution in [0.15, 0.2) is 18.2 Å². The molecule has 1 aliphatic carbocycles. The van der Waals surface area contributed by atoms with Gasteiger partial charge >= 0.3 is 0 Å². The van der Waals surface area contributed by atoms with Crippen molar-refractivity contribution in [3.63, 3.8) is 0 Å². The molecular weight excluding hydrogens is 293 g/mol. The van der Waals surface area contributed by atoms with Crippen LogP contribution in [0.1, 0.15) is 23.4 Å². The Hall–Kier alpha value is -1.53. The summed E-state index contributed by atoms with van der Waals surface area (Å²) < 4.78 is 14.5. The summed E-state index contributed by atoms with van der Waals surface area (Å²) in [6.45, 7) is 0. The monoisotopic (exact) mass is 305 g/mol. The van der Waals surface area contributed by atoms with Crippen LogP contribution in [0, 0.1) is 5.82 Å². The smallest absolute Gasteiger partial charge is 0.190 e. The highest BCUT2D eigenvalue weighted by Gasteiger charge is 2.16. The van der Waals surface area contributed by atoms with Gasteiger partial charge in [-0.2, -0.15) is 0 Å². The number of benzene rings is 1. The van der Waals surface area contributed by atoms with Crippen LogP contribution in [0.2, 0.25) is 0 Å². The summed E-state index contributed by atoms with van der Waals surface area (Å²) in [5, 5.41) is 4.80. The number of anilines is 2. The number of nitrogens with zero attached hydrogens (tertiary/aromatic N) is 2. The Bertz CT molecular complexity index is 754. The zero-order valence-corrected chi connectivity index (χ0v) is 12.3. The number of hydrogen-bond acceptors (Lipinski definition) is 5. The first-order valence-electron chi connectivity index (χ1n) is 6.60. The minimum Gasteiger partial charge on any atom is -0.307 e. The minimum atomic E-state index is -0.273. The van der Waals surface area contributed by atoms with Gasteiger partial charge in [-0.1, -0.05) is 17.4 Å². The highest BCUT2D eigenvalue weighted by Crippen LogP contribution is 2.34. The lowest BCUT2D eigenvalue weighted by Crippen LogP contribution is -1.99. The molecule has 0 spiro atoms. The molecule has 6 heteroatoms. The van der Waals surface area contributed by atoms with E-state index in [4.69, 9.17) is 0 Å². The Balaban J connectivity index is 1.67. The number of nitrogens with one attached hydrogen (secondary N) is 1. The first kappa shape index (κ1) is 12.2. The van der Waals surface area contributed by atoms with Gasteiger partial charge in [-0.15, -0.1) is 11.3 Å². The van der Waals surface area contributed by atoms with Crippen LogP contribution in [-0.2, 0) is 12.8 Å². The van der Waals surface area contributed by atoms with Crippen molar-refractivity contribution in [2.45, 2.75) is 25.7 Å². The molecule has 0 fully saturated rings. The van der Waals surface area contributed by atoms with Gasteiger partial charge in [-0.25, -0.2) is 14.4 Å². The Morgan fingerprint density at radius 1 is 1.05 bits per heavy atom. The number of thiazole rings is 2. The molecule has 1 aromatic carbocycles. The number of aromatic nitrogens is 2. The average Bonchev–Trinajstić information content (AvgIpc) is 3.02. The zero-order chi connectivity index (χ0) is 13.5. The van der Waals surface area contributed by atoms with Crippen molar-refractivity contribution in [1.29, 1.82) is 0 Å². The average molecular weight is 305 g/mol. The van der Waals surface area contributed by atoms with Crippen LogP contribution in [0.5, 0.6) is 0 Å². The first-order chi connectivity index (χ1) is 9.79. The molecule has 1 aliphatic rings. The van der Waals surface area contributed by atoms with Gasteiger partial charge in [0.1, 0.15) is 11.3 Å². The predicted octanol–water partition coefficient (Wildman–Crippen LogP) is 4.51. The summed E-state index contributed by atoms with van der Waals surface area (Å²) in [6.07, 6.45) is 4.68. The zero-order valence-electron chi connectivity index (χ0n) is 10.6. The maximum Gasteiger partial charge on any atom is 0.190 e. The van der Waals surface area contributed by atoms with Crippen LogP contribution in [0.4, 0.5) is 14.7 Å². The molecule has 3 aromatic rings. The van der Waals surface area contributed by atoms with Crippen molar-refractivity contribution in [3.05, 3.63) is 34.6 Å². The second-order valence-electron chi connectivity index (χ2n) is 4.83. The predicted molar refractivity (Wildman–Crippen MR) is 81.6 cm³/mol. The van der Waals surface area contributed by atoms with Crippen molar-refractivity contribution in [3.8, 4) is 0 Å². The number of rotatable bonds is 2. The highest BCUT2D eigenvalue weighted by atomic mass is 32.1. The number of halogens is 1. The van der Waals surface area contributed by atoms with E-state index in [0.29, 0.717) is 10.6 Å². The van der Waals surface area contributed by atoms with Crippen LogP contribution in [0.25, 0.3) is 10.2 Å². The normalized spacial score (nSPS) is 14.4. The van der Waals surface area contributed by atoms with E-state index in [1.54, 1.807) is 17.4 Å². The summed E-state index contributed by atoms with van der Waals surface area (Å²) in [7, 11) is 0. The lowest BCUT2D eigenvalue weighted by Gasteiger charge is -2.06. The van der Waals surface area contributed by atoms with Crippen molar-refractivity contribution in [1.82, 2.24) is 9.97 Å². The molecule has 0 atom stereocenters. The quantitative estimate of drug-likeness (QED) is 0.756. The molecule has 0 saturated heterocycles. The van der Waals surface area contributed by atoms with E-state index >= 15 is 0 Å². The lowest BCUT2D eigenvalue weighted by atomic mass is 10.0. The molecule has 4 rings (SSSR count). The molecule has 2 heterocycles. The summed E-state index contributed by atoms with van der Waals surface area (Å²) in [4.78, 5) is 10.3. The second-order valence-corrected chi connectivity index (χ2v) is 6.94. The third-order valence-corrected chi connectivity index (χ3v) is 5.44. The summed E-state index contributed by atoms with van der Waals surface area (Å²) in [5.41, 5.74) is 1.65. The Kier molecular flexibility index (Phi) is 2.93. The van der Waals surface area contributed by atoms with Gasteiger partial charge in [0.2, 0.25) is 0 Å². The van der Waals surface area contributed by atoms with E-state index < -0.39 is 0 Å².